The lowest BCUT2D eigenvalue weighted by molar-refractivity contribution is -0.131. The van der Waals surface area contributed by atoms with Crippen molar-refractivity contribution < 1.29 is 28.7 Å². The summed E-state index contributed by atoms with van der Waals surface area (Å²) in [6, 6.07) is 7.50. The summed E-state index contributed by atoms with van der Waals surface area (Å²) in [5.41, 5.74) is -0.0191. The lowest BCUT2D eigenvalue weighted by atomic mass is 9.95. The summed E-state index contributed by atoms with van der Waals surface area (Å²) in [7, 11) is 1.40. The van der Waals surface area contributed by atoms with E-state index in [-0.39, 0.29) is 18.9 Å². The molecule has 3 unspecified atom stereocenters. The molecular formula is C23H28N4O6S. The summed E-state index contributed by atoms with van der Waals surface area (Å²) >= 11 is 1.20. The predicted molar refractivity (Wildman–Crippen MR) is 124 cm³/mol. The average molecular weight is 489 g/mol. The third kappa shape index (κ3) is 6.92. The van der Waals surface area contributed by atoms with Gasteiger partial charge in [-0.3, -0.25) is 19.2 Å². The molecule has 1 aliphatic rings. The maximum absolute atomic E-state index is 12.9. The van der Waals surface area contributed by atoms with Crippen molar-refractivity contribution in [1.29, 1.82) is 0 Å². The van der Waals surface area contributed by atoms with E-state index in [4.69, 9.17) is 9.47 Å². The van der Waals surface area contributed by atoms with Crippen molar-refractivity contribution in [3.63, 3.8) is 0 Å². The minimum atomic E-state index is -1.01. The second-order valence-corrected chi connectivity index (χ2v) is 9.37. The number of ketones is 1. The maximum atomic E-state index is 12.9. The highest BCUT2D eigenvalue weighted by atomic mass is 32.1. The van der Waals surface area contributed by atoms with Crippen molar-refractivity contribution in [3.05, 3.63) is 52.0 Å². The molecule has 2 heterocycles. The largest absolute Gasteiger partial charge is 0.382 e. The number of thiazole rings is 1. The first kappa shape index (κ1) is 25.5. The molecule has 1 aliphatic heterocycles. The number of nitrogens with zero attached hydrogens (tertiary/aromatic N) is 1. The zero-order valence-electron chi connectivity index (χ0n) is 19.3. The van der Waals surface area contributed by atoms with E-state index in [1.807, 2.05) is 30.3 Å². The van der Waals surface area contributed by atoms with Gasteiger partial charge in [0.1, 0.15) is 16.5 Å². The van der Waals surface area contributed by atoms with Crippen LogP contribution in [-0.4, -0.2) is 73.0 Å². The van der Waals surface area contributed by atoms with Gasteiger partial charge < -0.3 is 25.4 Å². The molecule has 11 heteroatoms. The molecule has 0 bridgehead atoms. The number of ether oxygens (including phenoxy) is 2. The van der Waals surface area contributed by atoms with Gasteiger partial charge in [-0.05, 0) is 25.8 Å². The zero-order chi connectivity index (χ0) is 24.7. The van der Waals surface area contributed by atoms with Crippen LogP contribution in [0.1, 0.15) is 27.2 Å². The molecule has 3 N–H and O–H groups in total. The average Bonchev–Trinajstić information content (AvgIpc) is 3.42. The summed E-state index contributed by atoms with van der Waals surface area (Å²) in [6.45, 7) is 3.31. The topological polar surface area (TPSA) is 139 Å². The molecule has 0 saturated carbocycles. The van der Waals surface area contributed by atoms with Crippen LogP contribution in [0.2, 0.25) is 0 Å². The number of hydrogen-bond acceptors (Lipinski definition) is 8. The Bertz CT molecular complexity index is 1040. The van der Waals surface area contributed by atoms with E-state index in [1.165, 1.54) is 24.6 Å². The summed E-state index contributed by atoms with van der Waals surface area (Å²) < 4.78 is 10.3. The Balaban J connectivity index is 1.57. The number of benzene rings is 1. The van der Waals surface area contributed by atoms with Crippen LogP contribution in [0.5, 0.6) is 0 Å². The van der Waals surface area contributed by atoms with Crippen LogP contribution in [0.4, 0.5) is 0 Å². The molecule has 0 aliphatic carbocycles. The van der Waals surface area contributed by atoms with Gasteiger partial charge in [0.15, 0.2) is 5.78 Å². The van der Waals surface area contributed by atoms with Crippen LogP contribution >= 0.6 is 11.3 Å². The molecular weight excluding hydrogens is 460 g/mol. The number of aryl methyl sites for hydroxylation is 1. The van der Waals surface area contributed by atoms with E-state index in [0.717, 1.165) is 10.6 Å². The Labute approximate surface area is 201 Å². The van der Waals surface area contributed by atoms with Crippen molar-refractivity contribution in [2.24, 2.45) is 0 Å². The Morgan fingerprint density at radius 1 is 1.18 bits per heavy atom. The lowest BCUT2D eigenvalue weighted by Gasteiger charge is -2.21. The molecule has 182 valence electrons. The van der Waals surface area contributed by atoms with Gasteiger partial charge in [-0.2, -0.15) is 0 Å². The first-order valence-corrected chi connectivity index (χ1v) is 11.5. The van der Waals surface area contributed by atoms with Gasteiger partial charge in [0.2, 0.25) is 11.8 Å². The van der Waals surface area contributed by atoms with Crippen molar-refractivity contribution >= 4 is 34.8 Å². The number of carbonyl (C=O) groups excluding carboxylic acids is 4. The fraction of sp³-hybridized carbons (Fsp3) is 0.435. The molecule has 10 nitrogen and oxygen atoms in total. The molecule has 3 amide bonds. The number of nitrogens with one attached hydrogen (secondary N) is 3. The first-order valence-electron chi connectivity index (χ1n) is 10.7. The fourth-order valence-corrected chi connectivity index (χ4v) is 3.94. The van der Waals surface area contributed by atoms with E-state index in [2.05, 4.69) is 20.9 Å². The maximum Gasteiger partial charge on any atom is 0.263 e. The molecule has 1 fully saturated rings. The minimum Gasteiger partial charge on any atom is -0.382 e. The second kappa shape index (κ2) is 11.3. The molecule has 34 heavy (non-hydrogen) atoms. The van der Waals surface area contributed by atoms with Crippen molar-refractivity contribution in [3.8, 4) is 0 Å². The van der Waals surface area contributed by atoms with Gasteiger partial charge in [-0.25, -0.2) is 4.98 Å². The highest BCUT2D eigenvalue weighted by Gasteiger charge is 2.50. The van der Waals surface area contributed by atoms with E-state index in [1.54, 1.807) is 13.8 Å². The first-order chi connectivity index (χ1) is 16.2. The number of hydrogen-bond donors (Lipinski definition) is 3. The molecule has 0 spiro atoms. The number of aromatic nitrogens is 1. The number of carbonyl (C=O) groups is 4. The summed E-state index contributed by atoms with van der Waals surface area (Å²) in [4.78, 5) is 54.8. The molecule has 3 atom stereocenters. The number of Topliss-reactive ketones (excluding diaryl/α,β-unsaturated/α-hetero) is 1. The fourth-order valence-electron chi connectivity index (χ4n) is 3.26. The number of rotatable bonds is 12. The number of methoxy groups -OCH3 is 1. The minimum absolute atomic E-state index is 0.0816. The van der Waals surface area contributed by atoms with Crippen LogP contribution in [0.15, 0.2) is 36.5 Å². The quantitative estimate of drug-likeness (QED) is 0.368. The highest BCUT2D eigenvalue weighted by molar-refractivity contribution is 7.13. The van der Waals surface area contributed by atoms with Crippen molar-refractivity contribution in [1.82, 2.24) is 20.9 Å². The van der Waals surface area contributed by atoms with Gasteiger partial charge in [-0.15, -0.1) is 11.3 Å². The molecule has 3 rings (SSSR count). The third-order valence-electron chi connectivity index (χ3n) is 5.26. The van der Waals surface area contributed by atoms with Crippen LogP contribution in [0, 0.1) is 6.92 Å². The highest BCUT2D eigenvalue weighted by Crippen LogP contribution is 2.29. The predicted octanol–water partition coefficient (Wildman–Crippen LogP) is 0.398. The molecule has 1 aromatic heterocycles. The summed E-state index contributed by atoms with van der Waals surface area (Å²) in [6.07, 6.45) is 1.73. The van der Waals surface area contributed by atoms with Gasteiger partial charge in [0, 0.05) is 7.11 Å². The van der Waals surface area contributed by atoms with E-state index < -0.39 is 35.4 Å². The van der Waals surface area contributed by atoms with Crippen molar-refractivity contribution in [2.75, 3.05) is 26.9 Å². The van der Waals surface area contributed by atoms with Gasteiger partial charge in [0.05, 0.1) is 37.0 Å². The number of amides is 3. The van der Waals surface area contributed by atoms with Gasteiger partial charge in [-0.1, -0.05) is 30.3 Å². The molecule has 1 saturated heterocycles. The SMILES string of the molecule is COCC(NC(=O)c1cnc(C)s1)C(=O)NCC(=O)NC(Cc1ccccc1)C(=O)C1(C)CO1. The standard InChI is InChI=1S/C23H28N4O6S/c1-14-24-10-18(34-14)22(31)27-17(12-32-3)21(30)25-11-19(28)26-16(20(29)23(2)13-33-23)9-15-7-5-4-6-8-15/h4-8,10,16-17H,9,11-13H2,1-3H3,(H,25,30)(H,26,28)(H,27,31). The van der Waals surface area contributed by atoms with Gasteiger partial charge in [0.25, 0.3) is 5.91 Å². The lowest BCUT2D eigenvalue weighted by Crippen LogP contribution is -2.53. The normalized spacial score (nSPS) is 18.4. The van der Waals surface area contributed by atoms with Crippen LogP contribution in [-0.2, 0) is 30.3 Å². The van der Waals surface area contributed by atoms with Crippen LogP contribution in [0.3, 0.4) is 0 Å². The second-order valence-electron chi connectivity index (χ2n) is 8.14. The van der Waals surface area contributed by atoms with Crippen LogP contribution < -0.4 is 16.0 Å². The summed E-state index contributed by atoms with van der Waals surface area (Å²) in [5.74, 6) is -1.80. The molecule has 1 aromatic carbocycles. The Hall–Kier alpha value is -3.15. The van der Waals surface area contributed by atoms with Crippen LogP contribution in [0.25, 0.3) is 0 Å². The van der Waals surface area contributed by atoms with E-state index in [0.29, 0.717) is 17.9 Å². The van der Waals surface area contributed by atoms with E-state index >= 15 is 0 Å². The van der Waals surface area contributed by atoms with E-state index in [9.17, 15) is 19.2 Å². The molecule has 2 aromatic rings. The summed E-state index contributed by atoms with van der Waals surface area (Å²) in [5, 5.41) is 8.50. The smallest absolute Gasteiger partial charge is 0.263 e. The third-order valence-corrected chi connectivity index (χ3v) is 6.17. The Kier molecular flexibility index (Phi) is 8.48. The Morgan fingerprint density at radius 3 is 2.47 bits per heavy atom. The monoisotopic (exact) mass is 488 g/mol. The molecule has 0 radical (unpaired) electrons. The van der Waals surface area contributed by atoms with Gasteiger partial charge >= 0.3 is 0 Å². The van der Waals surface area contributed by atoms with Crippen molar-refractivity contribution in [2.45, 2.75) is 38.0 Å². The zero-order valence-corrected chi connectivity index (χ0v) is 20.1. The number of epoxide rings is 1. The Morgan fingerprint density at radius 2 is 1.88 bits per heavy atom.